The van der Waals surface area contributed by atoms with Crippen LogP contribution in [0.1, 0.15) is 36.8 Å². The fourth-order valence-corrected chi connectivity index (χ4v) is 3.30. The average molecular weight is 322 g/mol. The Balaban J connectivity index is 1.58. The van der Waals surface area contributed by atoms with Crippen molar-refractivity contribution >= 4 is 17.3 Å². The van der Waals surface area contributed by atoms with Crippen LogP contribution in [-0.4, -0.2) is 19.0 Å². The van der Waals surface area contributed by atoms with Gasteiger partial charge in [0.05, 0.1) is 6.42 Å². The molecule has 0 saturated carbocycles. The predicted molar refractivity (Wildman–Crippen MR) is 101 cm³/mol. The predicted octanol–water partition coefficient (Wildman–Crippen LogP) is 4.56. The molecule has 3 rings (SSSR count). The summed E-state index contributed by atoms with van der Waals surface area (Å²) < 4.78 is 0. The Bertz CT molecular complexity index is 670. The molecule has 1 amide bonds. The van der Waals surface area contributed by atoms with Crippen molar-refractivity contribution in [2.24, 2.45) is 0 Å². The lowest BCUT2D eigenvalue weighted by atomic mass is 10.1. The van der Waals surface area contributed by atoms with E-state index in [2.05, 4.69) is 28.4 Å². The number of carbonyl (C=O) groups excluding carboxylic acids is 1. The maximum Gasteiger partial charge on any atom is 0.228 e. The van der Waals surface area contributed by atoms with Crippen molar-refractivity contribution < 1.29 is 4.79 Å². The summed E-state index contributed by atoms with van der Waals surface area (Å²) >= 11 is 0. The van der Waals surface area contributed by atoms with Crippen LogP contribution in [0.2, 0.25) is 0 Å². The minimum absolute atomic E-state index is 0.0307. The van der Waals surface area contributed by atoms with E-state index in [0.717, 1.165) is 24.3 Å². The minimum atomic E-state index is 0.0307. The summed E-state index contributed by atoms with van der Waals surface area (Å²) in [5.41, 5.74) is 4.36. The maximum atomic E-state index is 12.2. The molecule has 0 aromatic heterocycles. The van der Waals surface area contributed by atoms with Gasteiger partial charge in [0.25, 0.3) is 0 Å². The molecule has 24 heavy (non-hydrogen) atoms. The second kappa shape index (κ2) is 8.00. The third-order valence-corrected chi connectivity index (χ3v) is 4.57. The SMILES string of the molecule is Cc1cccc(CC(=O)Nc2ccc(N3CCCCCC3)cc2)c1. The molecule has 3 heteroatoms. The van der Waals surface area contributed by atoms with Crippen molar-refractivity contribution in [3.8, 4) is 0 Å². The van der Waals surface area contributed by atoms with Crippen LogP contribution >= 0.6 is 0 Å². The smallest absolute Gasteiger partial charge is 0.228 e. The monoisotopic (exact) mass is 322 g/mol. The molecule has 0 unspecified atom stereocenters. The standard InChI is InChI=1S/C21H26N2O/c1-17-7-6-8-18(15-17)16-21(24)22-19-9-11-20(12-10-19)23-13-4-2-3-5-14-23/h6-12,15H,2-5,13-14,16H2,1H3,(H,22,24). The van der Waals surface area contributed by atoms with Crippen LogP contribution in [0, 0.1) is 6.92 Å². The highest BCUT2D eigenvalue weighted by Crippen LogP contribution is 2.21. The number of nitrogens with one attached hydrogen (secondary N) is 1. The van der Waals surface area contributed by atoms with Crippen LogP contribution in [0.4, 0.5) is 11.4 Å². The molecular weight excluding hydrogens is 296 g/mol. The number of amides is 1. The van der Waals surface area contributed by atoms with E-state index in [4.69, 9.17) is 0 Å². The first-order valence-corrected chi connectivity index (χ1v) is 8.91. The van der Waals surface area contributed by atoms with Crippen LogP contribution < -0.4 is 10.2 Å². The van der Waals surface area contributed by atoms with Crippen molar-refractivity contribution in [1.82, 2.24) is 0 Å². The number of rotatable bonds is 4. The molecule has 0 radical (unpaired) electrons. The van der Waals surface area contributed by atoms with Gasteiger partial charge in [-0.15, -0.1) is 0 Å². The normalized spacial score (nSPS) is 15.0. The lowest BCUT2D eigenvalue weighted by molar-refractivity contribution is -0.115. The summed E-state index contributed by atoms with van der Waals surface area (Å²) in [6.45, 7) is 4.32. The Labute approximate surface area is 144 Å². The highest BCUT2D eigenvalue weighted by atomic mass is 16.1. The van der Waals surface area contributed by atoms with Gasteiger partial charge in [-0.25, -0.2) is 0 Å². The Kier molecular flexibility index (Phi) is 5.52. The first-order chi connectivity index (χ1) is 11.7. The van der Waals surface area contributed by atoms with E-state index in [1.807, 2.05) is 37.3 Å². The topological polar surface area (TPSA) is 32.3 Å². The zero-order chi connectivity index (χ0) is 16.8. The van der Waals surface area contributed by atoms with Crippen LogP contribution in [0.25, 0.3) is 0 Å². The van der Waals surface area contributed by atoms with Crippen molar-refractivity contribution in [2.75, 3.05) is 23.3 Å². The number of benzene rings is 2. The Morgan fingerprint density at radius 3 is 2.38 bits per heavy atom. The van der Waals surface area contributed by atoms with Crippen molar-refractivity contribution in [1.29, 1.82) is 0 Å². The van der Waals surface area contributed by atoms with Gasteiger partial charge >= 0.3 is 0 Å². The molecule has 2 aromatic rings. The minimum Gasteiger partial charge on any atom is -0.372 e. The zero-order valence-corrected chi connectivity index (χ0v) is 14.4. The van der Waals surface area contributed by atoms with Crippen molar-refractivity contribution in [3.05, 3.63) is 59.7 Å². The molecule has 1 fully saturated rings. The van der Waals surface area contributed by atoms with Gasteiger partial charge in [0, 0.05) is 24.5 Å². The summed E-state index contributed by atoms with van der Waals surface area (Å²) in [6, 6.07) is 16.3. The van der Waals surface area contributed by atoms with E-state index < -0.39 is 0 Å². The van der Waals surface area contributed by atoms with Crippen molar-refractivity contribution in [3.63, 3.8) is 0 Å². The molecule has 0 bridgehead atoms. The second-order valence-corrected chi connectivity index (χ2v) is 6.66. The maximum absolute atomic E-state index is 12.2. The first-order valence-electron chi connectivity index (χ1n) is 8.91. The number of aryl methyl sites for hydroxylation is 1. The summed E-state index contributed by atoms with van der Waals surface area (Å²) in [5.74, 6) is 0.0307. The summed E-state index contributed by atoms with van der Waals surface area (Å²) in [6.07, 6.45) is 5.63. The van der Waals surface area contributed by atoms with Crippen LogP contribution in [0.15, 0.2) is 48.5 Å². The fraction of sp³-hybridized carbons (Fsp3) is 0.381. The molecule has 1 aliphatic rings. The molecule has 3 nitrogen and oxygen atoms in total. The molecule has 0 atom stereocenters. The highest BCUT2D eigenvalue weighted by Gasteiger charge is 2.10. The van der Waals surface area contributed by atoms with Gasteiger partial charge in [-0.2, -0.15) is 0 Å². The summed E-state index contributed by atoms with van der Waals surface area (Å²) in [5, 5.41) is 2.99. The van der Waals surface area contributed by atoms with Crippen molar-refractivity contribution in [2.45, 2.75) is 39.0 Å². The molecular formula is C21H26N2O. The number of hydrogen-bond donors (Lipinski definition) is 1. The Morgan fingerprint density at radius 1 is 1.00 bits per heavy atom. The van der Waals surface area contributed by atoms with Gasteiger partial charge in [-0.05, 0) is 49.6 Å². The van der Waals surface area contributed by atoms with Crippen LogP contribution in [-0.2, 0) is 11.2 Å². The van der Waals surface area contributed by atoms with E-state index in [1.165, 1.54) is 36.9 Å². The molecule has 1 saturated heterocycles. The quantitative estimate of drug-likeness (QED) is 0.895. The number of carbonyl (C=O) groups is 1. The number of anilines is 2. The molecule has 0 aliphatic carbocycles. The summed E-state index contributed by atoms with van der Waals surface area (Å²) in [7, 11) is 0. The van der Waals surface area contributed by atoms with E-state index in [-0.39, 0.29) is 5.91 Å². The lowest BCUT2D eigenvalue weighted by Crippen LogP contribution is -2.23. The van der Waals surface area contributed by atoms with Crippen LogP contribution in [0.5, 0.6) is 0 Å². The van der Waals surface area contributed by atoms with Gasteiger partial charge in [-0.1, -0.05) is 42.7 Å². The van der Waals surface area contributed by atoms with Crippen LogP contribution in [0.3, 0.4) is 0 Å². The van der Waals surface area contributed by atoms with E-state index >= 15 is 0 Å². The van der Waals surface area contributed by atoms with Gasteiger partial charge in [0.15, 0.2) is 0 Å². The Morgan fingerprint density at radius 2 is 1.71 bits per heavy atom. The number of hydrogen-bond acceptors (Lipinski definition) is 2. The van der Waals surface area contributed by atoms with E-state index in [0.29, 0.717) is 6.42 Å². The number of nitrogens with zero attached hydrogens (tertiary/aromatic N) is 1. The van der Waals surface area contributed by atoms with Gasteiger partial charge in [0.1, 0.15) is 0 Å². The van der Waals surface area contributed by atoms with E-state index in [1.54, 1.807) is 0 Å². The molecule has 1 heterocycles. The molecule has 0 spiro atoms. The largest absolute Gasteiger partial charge is 0.372 e. The third kappa shape index (κ3) is 4.60. The fourth-order valence-electron chi connectivity index (χ4n) is 3.30. The van der Waals surface area contributed by atoms with Gasteiger partial charge in [-0.3, -0.25) is 4.79 Å². The molecule has 1 aliphatic heterocycles. The average Bonchev–Trinajstić information content (AvgIpc) is 2.85. The molecule has 2 aromatic carbocycles. The summed E-state index contributed by atoms with van der Waals surface area (Å²) in [4.78, 5) is 14.7. The zero-order valence-electron chi connectivity index (χ0n) is 14.4. The van der Waals surface area contributed by atoms with Gasteiger partial charge < -0.3 is 10.2 Å². The molecule has 1 N–H and O–H groups in total. The lowest BCUT2D eigenvalue weighted by Gasteiger charge is -2.22. The third-order valence-electron chi connectivity index (χ3n) is 4.57. The Hall–Kier alpha value is -2.29. The van der Waals surface area contributed by atoms with E-state index in [9.17, 15) is 4.79 Å². The molecule has 126 valence electrons. The second-order valence-electron chi connectivity index (χ2n) is 6.66. The van der Waals surface area contributed by atoms with Gasteiger partial charge in [0.2, 0.25) is 5.91 Å². The highest BCUT2D eigenvalue weighted by molar-refractivity contribution is 5.92. The first kappa shape index (κ1) is 16.6.